The van der Waals surface area contributed by atoms with Crippen LogP contribution in [-0.4, -0.2) is 46.7 Å². The van der Waals surface area contributed by atoms with E-state index in [-0.39, 0.29) is 11.8 Å². The molecule has 3 aliphatic rings. The van der Waals surface area contributed by atoms with Gasteiger partial charge < -0.3 is 29.8 Å². The number of carbonyl (C=O) groups excluding carboxylic acids is 2. The van der Waals surface area contributed by atoms with Gasteiger partial charge in [-0.3, -0.25) is 9.59 Å². The van der Waals surface area contributed by atoms with Gasteiger partial charge in [0, 0.05) is 23.4 Å². The van der Waals surface area contributed by atoms with Crippen molar-refractivity contribution in [2.24, 2.45) is 0 Å². The fourth-order valence-corrected chi connectivity index (χ4v) is 8.28. The minimum Gasteiger partial charge on any atom is -0.497 e. The first kappa shape index (κ1) is 30.1. The minimum absolute atomic E-state index is 0.242. The summed E-state index contributed by atoms with van der Waals surface area (Å²) >= 11 is 1.52. The topological polar surface area (TPSA) is 119 Å². The Kier molecular flexibility index (Phi) is 8.06. The zero-order chi connectivity index (χ0) is 31.8. The van der Waals surface area contributed by atoms with Gasteiger partial charge >= 0.3 is 5.97 Å². The summed E-state index contributed by atoms with van der Waals surface area (Å²) in [5.41, 5.74) is 4.79. The zero-order valence-electron chi connectivity index (χ0n) is 25.8. The van der Waals surface area contributed by atoms with Crippen molar-refractivity contribution >= 4 is 51.1 Å². The van der Waals surface area contributed by atoms with Gasteiger partial charge in [0.25, 0.3) is 5.91 Å². The molecule has 0 spiro atoms. The predicted octanol–water partition coefficient (Wildman–Crippen LogP) is 7.21. The number of hydrogen-bond donors (Lipinski definition) is 3. The molecule has 2 aliphatic carbocycles. The number of ether oxygens (including phenoxy) is 2. The number of carboxylic acid groups (broad SMARTS) is 1. The number of nitrogens with zero attached hydrogens (tertiary/aromatic N) is 1. The quantitative estimate of drug-likeness (QED) is 0.175. The van der Waals surface area contributed by atoms with Crippen molar-refractivity contribution in [1.29, 1.82) is 0 Å². The first-order valence-electron chi connectivity index (χ1n) is 16.0. The first-order valence-corrected chi connectivity index (χ1v) is 16.8. The van der Waals surface area contributed by atoms with Crippen LogP contribution in [0.25, 0.3) is 27.6 Å². The van der Waals surface area contributed by atoms with Gasteiger partial charge in [-0.1, -0.05) is 31.4 Å². The molecule has 2 saturated carbocycles. The molecule has 0 atom stereocenters. The lowest BCUT2D eigenvalue weighted by Crippen LogP contribution is -2.61. The molecule has 238 valence electrons. The predicted molar refractivity (Wildman–Crippen MR) is 179 cm³/mol. The van der Waals surface area contributed by atoms with Crippen molar-refractivity contribution < 1.29 is 29.0 Å². The average Bonchev–Trinajstić information content (AvgIpc) is 3.54. The lowest BCUT2D eigenvalue weighted by atomic mass is 9.75. The Morgan fingerprint density at radius 2 is 1.89 bits per heavy atom. The highest BCUT2D eigenvalue weighted by molar-refractivity contribution is 7.21. The third kappa shape index (κ3) is 5.55. The second-order valence-electron chi connectivity index (χ2n) is 12.4. The summed E-state index contributed by atoms with van der Waals surface area (Å²) in [5, 5.41) is 15.0. The molecule has 10 heteroatoms. The number of carbonyl (C=O) groups is 3. The number of aromatic nitrogens is 1. The van der Waals surface area contributed by atoms with Crippen LogP contribution in [0, 0.1) is 0 Å². The highest BCUT2D eigenvalue weighted by Crippen LogP contribution is 2.50. The Hall–Kier alpha value is -4.57. The molecule has 2 aromatic heterocycles. The van der Waals surface area contributed by atoms with Gasteiger partial charge in [-0.2, -0.15) is 0 Å². The van der Waals surface area contributed by atoms with E-state index < -0.39 is 11.5 Å². The summed E-state index contributed by atoms with van der Waals surface area (Å²) in [7, 11) is 1.66. The molecule has 2 amide bonds. The number of rotatable bonds is 8. The van der Waals surface area contributed by atoms with Crippen LogP contribution in [0.5, 0.6) is 11.5 Å². The van der Waals surface area contributed by atoms with E-state index in [0.29, 0.717) is 48.0 Å². The SMILES string of the molecule is COc1ccc2c(c1)OCCn1c-2c(C2CCCCC2)c2sc(C(=O)NC3(C(=O)Nc4cccc(C=CC(=O)O)c4)CCC3)cc21. The van der Waals surface area contributed by atoms with Gasteiger partial charge in [0.2, 0.25) is 5.91 Å². The maximum absolute atomic E-state index is 13.9. The van der Waals surface area contributed by atoms with Crippen LogP contribution in [-0.2, 0) is 16.1 Å². The van der Waals surface area contributed by atoms with Crippen LogP contribution >= 0.6 is 11.3 Å². The summed E-state index contributed by atoms with van der Waals surface area (Å²) < 4.78 is 15.2. The van der Waals surface area contributed by atoms with Gasteiger partial charge in [-0.15, -0.1) is 11.3 Å². The summed E-state index contributed by atoms with van der Waals surface area (Å²) in [6, 6.07) is 15.0. The van der Waals surface area contributed by atoms with Crippen LogP contribution in [0.1, 0.15) is 78.1 Å². The fraction of sp³-hybridized carbons (Fsp3) is 0.361. The van der Waals surface area contributed by atoms with Crippen molar-refractivity contribution in [3.63, 3.8) is 0 Å². The molecule has 2 fully saturated rings. The maximum Gasteiger partial charge on any atom is 0.328 e. The van der Waals surface area contributed by atoms with E-state index in [9.17, 15) is 14.4 Å². The lowest BCUT2D eigenvalue weighted by Gasteiger charge is -2.40. The number of hydrogen-bond acceptors (Lipinski definition) is 6. The summed E-state index contributed by atoms with van der Waals surface area (Å²) in [6.07, 6.45) is 10.3. The Morgan fingerprint density at radius 1 is 1.07 bits per heavy atom. The normalized spacial score (nSPS) is 17.3. The third-order valence-electron chi connectivity index (χ3n) is 9.58. The Balaban J connectivity index is 1.20. The van der Waals surface area contributed by atoms with E-state index in [1.807, 2.05) is 18.2 Å². The molecule has 3 heterocycles. The standard InChI is InChI=1S/C36H37N3O6S/c1-44-25-12-13-26-28(20-25)45-18-17-39-27-21-29(46-33(27)31(32(26)39)23-8-3-2-4-9-23)34(42)38-36(15-6-16-36)35(43)37-24-10-5-7-22(19-24)11-14-30(40)41/h5,7,10-14,19-21,23H,2-4,6,8-9,15-18H2,1H3,(H,37,43)(H,38,42)(H,40,41). The number of aliphatic carboxylic acids is 1. The second-order valence-corrected chi connectivity index (χ2v) is 13.5. The van der Waals surface area contributed by atoms with Crippen LogP contribution in [0.15, 0.2) is 54.6 Å². The van der Waals surface area contributed by atoms with E-state index in [1.54, 1.807) is 31.4 Å². The molecule has 0 bridgehead atoms. The molecule has 0 radical (unpaired) electrons. The molecule has 0 unspecified atom stereocenters. The maximum atomic E-state index is 13.9. The van der Waals surface area contributed by atoms with E-state index in [0.717, 1.165) is 52.6 Å². The molecule has 2 aromatic carbocycles. The van der Waals surface area contributed by atoms with E-state index in [4.69, 9.17) is 14.6 Å². The number of carboxylic acids is 1. The summed E-state index contributed by atoms with van der Waals surface area (Å²) in [6.45, 7) is 1.18. The molecule has 1 aliphatic heterocycles. The van der Waals surface area contributed by atoms with Crippen LogP contribution in [0.3, 0.4) is 0 Å². The smallest absolute Gasteiger partial charge is 0.328 e. The molecule has 9 nitrogen and oxygen atoms in total. The fourth-order valence-electron chi connectivity index (χ4n) is 7.10. The number of nitrogens with one attached hydrogen (secondary N) is 2. The molecule has 7 rings (SSSR count). The van der Waals surface area contributed by atoms with Crippen LogP contribution in [0.4, 0.5) is 5.69 Å². The van der Waals surface area contributed by atoms with Crippen LogP contribution < -0.4 is 20.1 Å². The van der Waals surface area contributed by atoms with Crippen molar-refractivity contribution in [1.82, 2.24) is 9.88 Å². The molecular formula is C36H37N3O6S. The second kappa shape index (κ2) is 12.3. The molecule has 46 heavy (non-hydrogen) atoms. The van der Waals surface area contributed by atoms with E-state index >= 15 is 0 Å². The van der Waals surface area contributed by atoms with E-state index in [2.05, 4.69) is 21.3 Å². The Labute approximate surface area is 271 Å². The first-order chi connectivity index (χ1) is 22.3. The molecule has 0 saturated heterocycles. The van der Waals surface area contributed by atoms with Gasteiger partial charge in [-0.25, -0.2) is 4.79 Å². The highest BCUT2D eigenvalue weighted by atomic mass is 32.1. The number of thiophene rings is 1. The largest absolute Gasteiger partial charge is 0.497 e. The van der Waals surface area contributed by atoms with Gasteiger partial charge in [0.05, 0.1) is 34.4 Å². The van der Waals surface area contributed by atoms with Gasteiger partial charge in [-0.05, 0) is 85.6 Å². The number of amides is 2. The Morgan fingerprint density at radius 3 is 2.63 bits per heavy atom. The van der Waals surface area contributed by atoms with Crippen molar-refractivity contribution in [2.45, 2.75) is 69.4 Å². The zero-order valence-corrected chi connectivity index (χ0v) is 26.6. The van der Waals surface area contributed by atoms with Crippen LogP contribution in [0.2, 0.25) is 0 Å². The molecular weight excluding hydrogens is 602 g/mol. The van der Waals surface area contributed by atoms with Crippen molar-refractivity contribution in [3.05, 3.63) is 70.6 Å². The van der Waals surface area contributed by atoms with Crippen molar-refractivity contribution in [2.75, 3.05) is 19.0 Å². The lowest BCUT2D eigenvalue weighted by molar-refractivity contribution is -0.131. The number of methoxy groups -OCH3 is 1. The van der Waals surface area contributed by atoms with Gasteiger partial charge in [0.1, 0.15) is 23.6 Å². The highest BCUT2D eigenvalue weighted by Gasteiger charge is 2.46. The molecule has 3 N–H and O–H groups in total. The minimum atomic E-state index is -1.04. The monoisotopic (exact) mass is 639 g/mol. The Bertz CT molecular complexity index is 1860. The summed E-state index contributed by atoms with van der Waals surface area (Å²) in [5.74, 6) is 0.429. The van der Waals surface area contributed by atoms with E-state index in [1.165, 1.54) is 47.9 Å². The average molecular weight is 640 g/mol. The summed E-state index contributed by atoms with van der Waals surface area (Å²) in [4.78, 5) is 39.0. The number of fused-ring (bicyclic) bond motifs is 5. The van der Waals surface area contributed by atoms with Crippen molar-refractivity contribution in [3.8, 4) is 22.8 Å². The van der Waals surface area contributed by atoms with Gasteiger partial charge in [0.15, 0.2) is 0 Å². The third-order valence-corrected chi connectivity index (χ3v) is 10.7. The molecule has 4 aromatic rings. The number of anilines is 1. The number of benzene rings is 2.